The maximum absolute atomic E-state index is 14.0. The van der Waals surface area contributed by atoms with Gasteiger partial charge in [0.15, 0.2) is 0 Å². The average molecular weight is 461 g/mol. The van der Waals surface area contributed by atoms with Crippen molar-refractivity contribution in [2.75, 3.05) is 5.32 Å². The molecule has 1 aromatic carbocycles. The van der Waals surface area contributed by atoms with Crippen LogP contribution < -0.4 is 5.32 Å². The highest BCUT2D eigenvalue weighted by molar-refractivity contribution is 7.13. The molecule has 1 amide bonds. The second-order valence-corrected chi connectivity index (χ2v) is 8.65. The molecule has 0 saturated carbocycles. The number of hydrogen-bond acceptors (Lipinski definition) is 7. The molecule has 3 aromatic rings. The monoisotopic (exact) mass is 461 g/mol. The Bertz CT molecular complexity index is 1120. The van der Waals surface area contributed by atoms with E-state index in [4.69, 9.17) is 4.74 Å². The van der Waals surface area contributed by atoms with Crippen molar-refractivity contribution in [3.05, 3.63) is 64.9 Å². The first-order valence-electron chi connectivity index (χ1n) is 9.89. The van der Waals surface area contributed by atoms with Gasteiger partial charge in [-0.15, -0.1) is 11.3 Å². The second-order valence-electron chi connectivity index (χ2n) is 7.80. The van der Waals surface area contributed by atoms with E-state index in [1.807, 2.05) is 0 Å². The highest BCUT2D eigenvalue weighted by Crippen LogP contribution is 2.39. The summed E-state index contributed by atoms with van der Waals surface area (Å²) < 4.78 is 34.0. The van der Waals surface area contributed by atoms with Gasteiger partial charge in [-0.3, -0.25) is 9.78 Å². The van der Waals surface area contributed by atoms with E-state index >= 15 is 0 Å². The van der Waals surface area contributed by atoms with E-state index in [1.165, 1.54) is 30.8 Å². The summed E-state index contributed by atoms with van der Waals surface area (Å²) >= 11 is 0.949. The molecule has 0 spiro atoms. The van der Waals surface area contributed by atoms with Crippen LogP contribution in [0.15, 0.2) is 42.0 Å². The first-order valence-corrected chi connectivity index (χ1v) is 10.8. The zero-order valence-electron chi connectivity index (χ0n) is 17.3. The fraction of sp³-hybridized carbons (Fsp3) is 0.318. The largest absolute Gasteiger partial charge is 0.390 e. The third-order valence-corrected chi connectivity index (χ3v) is 6.53. The van der Waals surface area contributed by atoms with E-state index in [2.05, 4.69) is 15.3 Å². The van der Waals surface area contributed by atoms with Crippen molar-refractivity contribution in [3.63, 3.8) is 0 Å². The second kappa shape index (κ2) is 8.62. The Morgan fingerprint density at radius 1 is 1.31 bits per heavy atom. The number of aliphatic hydroxyl groups excluding tert-OH is 1. The van der Waals surface area contributed by atoms with Crippen LogP contribution in [0.3, 0.4) is 0 Å². The number of pyridine rings is 1. The summed E-state index contributed by atoms with van der Waals surface area (Å²) in [5, 5.41) is 24.9. The molecule has 10 heteroatoms. The summed E-state index contributed by atoms with van der Waals surface area (Å²) in [5.41, 5.74) is -0.778. The maximum atomic E-state index is 14.0. The lowest BCUT2D eigenvalue weighted by Gasteiger charge is -2.43. The molecule has 1 aliphatic heterocycles. The molecule has 0 aliphatic carbocycles. The van der Waals surface area contributed by atoms with Crippen molar-refractivity contribution < 1.29 is 28.5 Å². The molecule has 0 bridgehead atoms. The first-order chi connectivity index (χ1) is 15.2. The van der Waals surface area contributed by atoms with Crippen LogP contribution in [-0.2, 0) is 4.74 Å². The van der Waals surface area contributed by atoms with Gasteiger partial charge in [0.2, 0.25) is 0 Å². The fourth-order valence-corrected chi connectivity index (χ4v) is 4.37. The third-order valence-electron chi connectivity index (χ3n) is 5.67. The summed E-state index contributed by atoms with van der Waals surface area (Å²) in [4.78, 5) is 20.9. The molecule has 168 valence electrons. The summed E-state index contributed by atoms with van der Waals surface area (Å²) in [5.74, 6) is -2.12. The van der Waals surface area contributed by atoms with Gasteiger partial charge in [0, 0.05) is 23.6 Å². The minimum absolute atomic E-state index is 0.0108. The number of carbonyl (C=O) groups is 1. The third kappa shape index (κ3) is 4.14. The normalized spacial score (nSPS) is 25.5. The zero-order valence-corrected chi connectivity index (χ0v) is 18.1. The predicted molar refractivity (Wildman–Crippen MR) is 114 cm³/mol. The van der Waals surface area contributed by atoms with Crippen molar-refractivity contribution in [3.8, 4) is 10.6 Å². The van der Waals surface area contributed by atoms with E-state index in [1.54, 1.807) is 13.0 Å². The summed E-state index contributed by atoms with van der Waals surface area (Å²) in [6, 6.07) is 5.15. The molecule has 0 radical (unpaired) electrons. The molecule has 2 aromatic heterocycles. The van der Waals surface area contributed by atoms with Crippen LogP contribution in [-0.4, -0.2) is 43.9 Å². The number of halogens is 2. The van der Waals surface area contributed by atoms with Gasteiger partial charge in [0.05, 0.1) is 35.8 Å². The van der Waals surface area contributed by atoms with Gasteiger partial charge in [0.25, 0.3) is 5.91 Å². The van der Waals surface area contributed by atoms with Crippen molar-refractivity contribution in [1.82, 2.24) is 9.97 Å². The lowest BCUT2D eigenvalue weighted by Crippen LogP contribution is -2.54. The van der Waals surface area contributed by atoms with Gasteiger partial charge in [0.1, 0.15) is 27.9 Å². The standard InChI is InChI=1S/C22H21F2N3O4S/c1-11-22(2,30)18(28)8-17(31-11)12-6-7-25-9-15(12)26-20(29)16-10-32-21(27-16)19-13(23)4-3-5-14(19)24/h3-7,9-11,17-18,28,30H,8H2,1-2H3,(H,26,29)/t11-,17-,18-,22-/m0/s1. The molecular weight excluding hydrogens is 440 g/mol. The Labute approximate surface area is 186 Å². The topological polar surface area (TPSA) is 105 Å². The lowest BCUT2D eigenvalue weighted by atomic mass is 9.84. The minimum atomic E-state index is -1.40. The van der Waals surface area contributed by atoms with E-state index in [-0.39, 0.29) is 22.7 Å². The van der Waals surface area contributed by atoms with Crippen LogP contribution >= 0.6 is 11.3 Å². The van der Waals surface area contributed by atoms with Gasteiger partial charge in [-0.05, 0) is 32.0 Å². The number of carbonyl (C=O) groups excluding carboxylic acids is 1. The van der Waals surface area contributed by atoms with Crippen molar-refractivity contribution in [1.29, 1.82) is 0 Å². The predicted octanol–water partition coefficient (Wildman–Crippen LogP) is 3.70. The number of anilines is 1. The van der Waals surface area contributed by atoms with Crippen molar-refractivity contribution in [2.45, 2.75) is 44.2 Å². The number of hydrogen-bond donors (Lipinski definition) is 3. The quantitative estimate of drug-likeness (QED) is 0.547. The van der Waals surface area contributed by atoms with Gasteiger partial charge >= 0.3 is 0 Å². The number of benzene rings is 1. The molecule has 7 nitrogen and oxygen atoms in total. The fourth-order valence-electron chi connectivity index (χ4n) is 3.52. The van der Waals surface area contributed by atoms with Crippen LogP contribution in [0.5, 0.6) is 0 Å². The van der Waals surface area contributed by atoms with Crippen molar-refractivity contribution >= 4 is 22.9 Å². The number of rotatable bonds is 4. The smallest absolute Gasteiger partial charge is 0.275 e. The highest BCUT2D eigenvalue weighted by atomic mass is 32.1. The number of thiazole rings is 1. The van der Waals surface area contributed by atoms with Crippen LogP contribution in [0.2, 0.25) is 0 Å². The Kier molecular flexibility index (Phi) is 6.04. The number of amides is 1. The van der Waals surface area contributed by atoms with Gasteiger partial charge in [-0.1, -0.05) is 6.07 Å². The average Bonchev–Trinajstić information content (AvgIpc) is 3.22. The van der Waals surface area contributed by atoms with E-state index < -0.39 is 41.5 Å². The number of aliphatic hydroxyl groups is 2. The van der Waals surface area contributed by atoms with Gasteiger partial charge in [-0.2, -0.15) is 0 Å². The van der Waals surface area contributed by atoms with E-state index in [0.717, 1.165) is 23.5 Å². The first kappa shape index (κ1) is 22.4. The maximum Gasteiger partial charge on any atom is 0.275 e. The van der Waals surface area contributed by atoms with Crippen LogP contribution in [0.4, 0.5) is 14.5 Å². The molecule has 1 aliphatic rings. The summed E-state index contributed by atoms with van der Waals surface area (Å²) in [7, 11) is 0. The van der Waals surface area contributed by atoms with Crippen molar-refractivity contribution in [2.24, 2.45) is 0 Å². The Balaban J connectivity index is 1.56. The molecule has 4 rings (SSSR count). The highest BCUT2D eigenvalue weighted by Gasteiger charge is 2.44. The SMILES string of the molecule is C[C@@H]1O[C@H](c2ccncc2NC(=O)c2csc(-c3c(F)cccc3F)n2)C[C@H](O)[C@@]1(C)O. The Morgan fingerprint density at radius 3 is 2.72 bits per heavy atom. The van der Waals surface area contributed by atoms with Gasteiger partial charge < -0.3 is 20.3 Å². The summed E-state index contributed by atoms with van der Waals surface area (Å²) in [6.45, 7) is 3.17. The number of aromatic nitrogens is 2. The number of nitrogens with one attached hydrogen (secondary N) is 1. The van der Waals surface area contributed by atoms with E-state index in [9.17, 15) is 23.8 Å². The Morgan fingerprint density at radius 2 is 2.03 bits per heavy atom. The molecule has 1 fully saturated rings. The van der Waals surface area contributed by atoms with Gasteiger partial charge in [-0.25, -0.2) is 13.8 Å². The molecule has 32 heavy (non-hydrogen) atoms. The number of nitrogens with zero attached hydrogens (tertiary/aromatic N) is 2. The lowest BCUT2D eigenvalue weighted by molar-refractivity contribution is -0.215. The number of ether oxygens (including phenoxy) is 1. The van der Waals surface area contributed by atoms with Crippen LogP contribution in [0.1, 0.15) is 42.4 Å². The van der Waals surface area contributed by atoms with Crippen LogP contribution in [0.25, 0.3) is 10.6 Å². The molecule has 0 unspecified atom stereocenters. The molecule has 1 saturated heterocycles. The molecule has 3 heterocycles. The Hall–Kier alpha value is -2.79. The zero-order chi connectivity index (χ0) is 23.0. The minimum Gasteiger partial charge on any atom is -0.390 e. The summed E-state index contributed by atoms with van der Waals surface area (Å²) in [6.07, 6.45) is 0.827. The molecule has 4 atom stereocenters. The van der Waals surface area contributed by atoms with E-state index in [0.29, 0.717) is 11.3 Å². The molecule has 3 N–H and O–H groups in total. The van der Waals surface area contributed by atoms with Crippen LogP contribution in [0, 0.1) is 11.6 Å². The molecular formula is C22H21F2N3O4S.